The van der Waals surface area contributed by atoms with Crippen LogP contribution in [-0.4, -0.2) is 31.0 Å². The van der Waals surface area contributed by atoms with E-state index in [1.54, 1.807) is 0 Å². The van der Waals surface area contributed by atoms with Gasteiger partial charge in [0.2, 0.25) is 5.88 Å². The molecule has 1 heterocycles. The average Bonchev–Trinajstić information content (AvgIpc) is 2.36. The Morgan fingerprint density at radius 1 is 1.38 bits per heavy atom. The van der Waals surface area contributed by atoms with E-state index in [9.17, 15) is 26.7 Å². The second-order valence-electron chi connectivity index (χ2n) is 3.49. The number of methoxy groups -OCH3 is 1. The van der Waals surface area contributed by atoms with Crippen molar-refractivity contribution in [2.45, 2.75) is 19.7 Å². The average molecular weight is 315 g/mol. The normalized spacial score (nSPS) is 11.4. The third kappa shape index (κ3) is 4.17. The van der Waals surface area contributed by atoms with Crippen molar-refractivity contribution in [3.8, 4) is 11.6 Å². The Kier molecular flexibility index (Phi) is 5.28. The molecule has 0 spiro atoms. The van der Waals surface area contributed by atoms with Crippen molar-refractivity contribution >= 4 is 5.97 Å². The number of carbonyl (C=O) groups is 1. The summed E-state index contributed by atoms with van der Waals surface area (Å²) in [6.07, 6.45) is -8.03. The third-order valence-electron chi connectivity index (χ3n) is 2.18. The highest BCUT2D eigenvalue weighted by molar-refractivity contribution is 5.94. The summed E-state index contributed by atoms with van der Waals surface area (Å²) < 4.78 is 75.2. The molecule has 0 saturated carbocycles. The van der Waals surface area contributed by atoms with Crippen molar-refractivity contribution in [1.82, 2.24) is 4.98 Å². The van der Waals surface area contributed by atoms with E-state index in [1.165, 1.54) is 6.92 Å². The second-order valence-corrected chi connectivity index (χ2v) is 3.49. The quantitative estimate of drug-likeness (QED) is 0.617. The van der Waals surface area contributed by atoms with Gasteiger partial charge in [0.25, 0.3) is 6.43 Å². The zero-order valence-corrected chi connectivity index (χ0v) is 10.8. The van der Waals surface area contributed by atoms with E-state index >= 15 is 0 Å². The van der Waals surface area contributed by atoms with Crippen LogP contribution in [0.15, 0.2) is 6.20 Å². The molecule has 0 fully saturated rings. The molecule has 0 aromatic carbocycles. The summed E-state index contributed by atoms with van der Waals surface area (Å²) in [7, 11) is 1.04. The molecule has 118 valence electrons. The molecule has 0 aliphatic carbocycles. The van der Waals surface area contributed by atoms with Gasteiger partial charge in [0.05, 0.1) is 25.5 Å². The van der Waals surface area contributed by atoms with Crippen molar-refractivity contribution < 1.29 is 41.0 Å². The standard InChI is InChI=1S/C11H10F5NO4/c1-3-20-10(18)6-5(19-2)4-17-9(7(6)8(12)13)21-11(14,15)16/h4,8H,3H2,1-2H3. The SMILES string of the molecule is CCOC(=O)c1c(OC)cnc(OC(F)(F)F)c1C(F)F. The largest absolute Gasteiger partial charge is 0.574 e. The van der Waals surface area contributed by atoms with E-state index in [0.29, 0.717) is 6.20 Å². The number of carbonyl (C=O) groups excluding carboxylic acids is 1. The maximum absolute atomic E-state index is 13.0. The lowest BCUT2D eigenvalue weighted by Gasteiger charge is -2.16. The van der Waals surface area contributed by atoms with Gasteiger partial charge in [0.1, 0.15) is 5.56 Å². The second kappa shape index (κ2) is 6.55. The van der Waals surface area contributed by atoms with Gasteiger partial charge in [0.15, 0.2) is 5.75 Å². The highest BCUT2D eigenvalue weighted by atomic mass is 19.4. The predicted octanol–water partition coefficient (Wildman–Crippen LogP) is 3.10. The zero-order chi connectivity index (χ0) is 16.2. The molecule has 0 radical (unpaired) electrons. The van der Waals surface area contributed by atoms with Crippen molar-refractivity contribution in [1.29, 1.82) is 0 Å². The number of nitrogens with zero attached hydrogens (tertiary/aromatic N) is 1. The molecule has 1 rings (SSSR count). The minimum Gasteiger partial charge on any atom is -0.494 e. The molecule has 21 heavy (non-hydrogen) atoms. The van der Waals surface area contributed by atoms with Gasteiger partial charge in [-0.25, -0.2) is 18.6 Å². The number of hydrogen-bond donors (Lipinski definition) is 0. The molecule has 5 nitrogen and oxygen atoms in total. The minimum atomic E-state index is -5.24. The number of ether oxygens (including phenoxy) is 3. The highest BCUT2D eigenvalue weighted by Gasteiger charge is 2.37. The Bertz CT molecular complexity index is 518. The lowest BCUT2D eigenvalue weighted by atomic mass is 10.1. The highest BCUT2D eigenvalue weighted by Crippen LogP contribution is 2.38. The number of rotatable bonds is 5. The number of halogens is 5. The maximum atomic E-state index is 13.0. The summed E-state index contributed by atoms with van der Waals surface area (Å²) in [4.78, 5) is 14.8. The van der Waals surface area contributed by atoms with E-state index in [2.05, 4.69) is 19.2 Å². The summed E-state index contributed by atoms with van der Waals surface area (Å²) in [5.41, 5.74) is -2.20. The molecule has 10 heteroatoms. The lowest BCUT2D eigenvalue weighted by molar-refractivity contribution is -0.276. The van der Waals surface area contributed by atoms with E-state index in [1.807, 2.05) is 0 Å². The number of pyridine rings is 1. The Hall–Kier alpha value is -2.13. The van der Waals surface area contributed by atoms with Gasteiger partial charge in [-0.1, -0.05) is 0 Å². The van der Waals surface area contributed by atoms with Crippen molar-refractivity contribution in [2.24, 2.45) is 0 Å². The molecular formula is C11H10F5NO4. The Labute approximate surface area is 115 Å². The fourth-order valence-electron chi connectivity index (χ4n) is 1.45. The molecule has 1 aromatic rings. The van der Waals surface area contributed by atoms with Crippen LogP contribution < -0.4 is 9.47 Å². The molecule has 0 N–H and O–H groups in total. The van der Waals surface area contributed by atoms with E-state index in [-0.39, 0.29) is 6.61 Å². The van der Waals surface area contributed by atoms with Gasteiger partial charge in [-0.05, 0) is 6.92 Å². The molecule has 0 saturated heterocycles. The van der Waals surface area contributed by atoms with Gasteiger partial charge in [-0.15, -0.1) is 13.2 Å². The lowest BCUT2D eigenvalue weighted by Crippen LogP contribution is -2.21. The van der Waals surface area contributed by atoms with E-state index < -0.39 is 41.5 Å². The third-order valence-corrected chi connectivity index (χ3v) is 2.18. The Balaban J connectivity index is 3.48. The van der Waals surface area contributed by atoms with Crippen LogP contribution in [0.5, 0.6) is 11.6 Å². The first-order valence-electron chi connectivity index (χ1n) is 5.49. The molecular weight excluding hydrogens is 305 g/mol. The van der Waals surface area contributed by atoms with Crippen LogP contribution in [0.3, 0.4) is 0 Å². The molecule has 0 aliphatic heterocycles. The molecule has 0 atom stereocenters. The van der Waals surface area contributed by atoms with Crippen LogP contribution >= 0.6 is 0 Å². The maximum Gasteiger partial charge on any atom is 0.574 e. The van der Waals surface area contributed by atoms with Crippen molar-refractivity contribution in [3.05, 3.63) is 17.3 Å². The fourth-order valence-corrected chi connectivity index (χ4v) is 1.45. The van der Waals surface area contributed by atoms with Crippen molar-refractivity contribution in [3.63, 3.8) is 0 Å². The summed E-state index contributed by atoms with van der Waals surface area (Å²) in [5, 5.41) is 0. The Morgan fingerprint density at radius 2 is 2.00 bits per heavy atom. The monoisotopic (exact) mass is 315 g/mol. The number of aromatic nitrogens is 1. The minimum absolute atomic E-state index is 0.164. The summed E-state index contributed by atoms with van der Waals surface area (Å²) in [5.74, 6) is -3.14. The smallest absolute Gasteiger partial charge is 0.494 e. The molecule has 0 aliphatic rings. The topological polar surface area (TPSA) is 57.7 Å². The predicted molar refractivity (Wildman–Crippen MR) is 58.4 cm³/mol. The number of hydrogen-bond acceptors (Lipinski definition) is 5. The summed E-state index contributed by atoms with van der Waals surface area (Å²) in [6.45, 7) is 1.24. The van der Waals surface area contributed by atoms with Crippen LogP contribution in [0.4, 0.5) is 22.0 Å². The van der Waals surface area contributed by atoms with Crippen LogP contribution in [0.25, 0.3) is 0 Å². The molecule has 0 unspecified atom stereocenters. The van der Waals surface area contributed by atoms with E-state index in [4.69, 9.17) is 0 Å². The number of alkyl halides is 5. The van der Waals surface area contributed by atoms with Gasteiger partial charge in [-0.2, -0.15) is 0 Å². The first-order valence-corrected chi connectivity index (χ1v) is 5.49. The van der Waals surface area contributed by atoms with Crippen molar-refractivity contribution in [2.75, 3.05) is 13.7 Å². The van der Waals surface area contributed by atoms with Crippen LogP contribution in [-0.2, 0) is 4.74 Å². The molecule has 0 bridgehead atoms. The summed E-state index contributed by atoms with van der Waals surface area (Å²) in [6, 6.07) is 0. The van der Waals surface area contributed by atoms with Gasteiger partial charge in [-0.3, -0.25) is 0 Å². The summed E-state index contributed by atoms with van der Waals surface area (Å²) >= 11 is 0. The molecule has 0 amide bonds. The Morgan fingerprint density at radius 3 is 2.43 bits per heavy atom. The van der Waals surface area contributed by atoms with Crippen LogP contribution in [0.1, 0.15) is 29.3 Å². The van der Waals surface area contributed by atoms with Gasteiger partial charge in [0, 0.05) is 0 Å². The van der Waals surface area contributed by atoms with E-state index in [0.717, 1.165) is 7.11 Å². The van der Waals surface area contributed by atoms with Gasteiger partial charge < -0.3 is 14.2 Å². The fraction of sp³-hybridized carbons (Fsp3) is 0.455. The first-order chi connectivity index (χ1) is 9.71. The van der Waals surface area contributed by atoms with Crippen LogP contribution in [0, 0.1) is 0 Å². The van der Waals surface area contributed by atoms with Crippen LogP contribution in [0.2, 0.25) is 0 Å². The zero-order valence-electron chi connectivity index (χ0n) is 10.8. The first kappa shape index (κ1) is 16.9. The van der Waals surface area contributed by atoms with Gasteiger partial charge >= 0.3 is 12.3 Å². The number of esters is 1. The molecule has 1 aromatic heterocycles.